The minimum absolute atomic E-state index is 0.205. The fraction of sp³-hybridized carbons (Fsp3) is 0.182. The number of nitrogens with two attached hydrogens (primary N) is 1. The van der Waals surface area contributed by atoms with E-state index in [9.17, 15) is 0 Å². The summed E-state index contributed by atoms with van der Waals surface area (Å²) in [6, 6.07) is 5.95. The van der Waals surface area contributed by atoms with Crippen LogP contribution in [0.15, 0.2) is 22.6 Å². The Kier molecular flexibility index (Phi) is 2.11. The van der Waals surface area contributed by atoms with Crippen molar-refractivity contribution >= 4 is 17.1 Å². The van der Waals surface area contributed by atoms with Crippen molar-refractivity contribution in [2.75, 3.05) is 5.73 Å². The van der Waals surface area contributed by atoms with Crippen LogP contribution < -0.4 is 5.73 Å². The average Bonchev–Trinajstić information content (AvgIpc) is 2.55. The third-order valence-electron chi connectivity index (χ3n) is 1.97. The zero-order valence-corrected chi connectivity index (χ0v) is 7.87. The van der Waals surface area contributed by atoms with Crippen molar-refractivity contribution < 1.29 is 4.42 Å². The first-order chi connectivity index (χ1) is 6.81. The number of hydrogen-bond acceptors (Lipinski definition) is 3. The molecule has 0 amide bonds. The van der Waals surface area contributed by atoms with Gasteiger partial charge in [-0.1, -0.05) is 18.1 Å². The number of para-hydroxylation sites is 1. The highest BCUT2D eigenvalue weighted by atomic mass is 16.4. The molecule has 0 saturated heterocycles. The van der Waals surface area contributed by atoms with Gasteiger partial charge in [-0.15, -0.1) is 5.92 Å². The second-order valence-electron chi connectivity index (χ2n) is 2.92. The molecule has 0 atom stereocenters. The lowest BCUT2D eigenvalue weighted by Gasteiger charge is -1.93. The molecule has 1 heterocycles. The Hall–Kier alpha value is -1.95. The van der Waals surface area contributed by atoms with Crippen molar-refractivity contribution in [2.24, 2.45) is 0 Å². The maximum absolute atomic E-state index is 5.47. The van der Waals surface area contributed by atoms with Gasteiger partial charge in [0.05, 0.1) is 0 Å². The topological polar surface area (TPSA) is 52.0 Å². The zero-order valence-electron chi connectivity index (χ0n) is 7.87. The van der Waals surface area contributed by atoms with Gasteiger partial charge in [0.25, 0.3) is 6.01 Å². The van der Waals surface area contributed by atoms with Gasteiger partial charge in [0, 0.05) is 6.42 Å². The van der Waals surface area contributed by atoms with Crippen molar-refractivity contribution in [3.8, 4) is 11.8 Å². The first-order valence-electron chi connectivity index (χ1n) is 4.35. The van der Waals surface area contributed by atoms with Crippen LogP contribution >= 0.6 is 0 Å². The van der Waals surface area contributed by atoms with E-state index in [1.807, 2.05) is 25.1 Å². The van der Waals surface area contributed by atoms with Gasteiger partial charge >= 0.3 is 0 Å². The number of rotatable bonds is 1. The Morgan fingerprint density at radius 1 is 1.50 bits per heavy atom. The molecule has 1 aromatic carbocycles. The Morgan fingerprint density at radius 3 is 3.14 bits per heavy atom. The van der Waals surface area contributed by atoms with Crippen molar-refractivity contribution in [3.05, 3.63) is 23.8 Å². The Balaban J connectivity index is 2.56. The smallest absolute Gasteiger partial charge is 0.292 e. The van der Waals surface area contributed by atoms with E-state index in [2.05, 4.69) is 16.8 Å². The number of anilines is 1. The van der Waals surface area contributed by atoms with Crippen molar-refractivity contribution in [1.29, 1.82) is 0 Å². The third-order valence-corrected chi connectivity index (χ3v) is 1.97. The lowest BCUT2D eigenvalue weighted by atomic mass is 10.1. The predicted octanol–water partition coefficient (Wildman–Crippen LogP) is 1.98. The number of aromatic nitrogens is 1. The molecule has 0 aliphatic carbocycles. The standard InChI is InChI=1S/C11H10N2O/c1-2-3-5-8-6-4-7-9-10(8)13-11(12)14-9/h4,6-7H,5H2,1H3,(H2,12,13). The molecule has 0 aliphatic heterocycles. The van der Waals surface area contributed by atoms with Crippen LogP contribution in [0.3, 0.4) is 0 Å². The average molecular weight is 186 g/mol. The van der Waals surface area contributed by atoms with Crippen LogP contribution in [0.5, 0.6) is 0 Å². The van der Waals surface area contributed by atoms with Crippen LogP contribution in [0.4, 0.5) is 6.01 Å². The van der Waals surface area contributed by atoms with Crippen molar-refractivity contribution in [3.63, 3.8) is 0 Å². The summed E-state index contributed by atoms with van der Waals surface area (Å²) in [7, 11) is 0. The van der Waals surface area contributed by atoms with Gasteiger partial charge < -0.3 is 10.2 Å². The highest BCUT2D eigenvalue weighted by molar-refractivity contribution is 5.78. The van der Waals surface area contributed by atoms with E-state index in [4.69, 9.17) is 10.2 Å². The summed E-state index contributed by atoms with van der Waals surface area (Å²) in [5, 5.41) is 0. The highest BCUT2D eigenvalue weighted by Gasteiger charge is 2.05. The fourth-order valence-electron chi connectivity index (χ4n) is 1.35. The van der Waals surface area contributed by atoms with Gasteiger partial charge in [0.15, 0.2) is 5.58 Å². The van der Waals surface area contributed by atoms with Crippen LogP contribution in [0.1, 0.15) is 12.5 Å². The van der Waals surface area contributed by atoms with Crippen LogP contribution in [0.2, 0.25) is 0 Å². The van der Waals surface area contributed by atoms with E-state index in [-0.39, 0.29) is 6.01 Å². The summed E-state index contributed by atoms with van der Waals surface area (Å²) in [5.74, 6) is 5.84. The third kappa shape index (κ3) is 1.42. The van der Waals surface area contributed by atoms with E-state index in [0.29, 0.717) is 6.42 Å². The van der Waals surface area contributed by atoms with Crippen molar-refractivity contribution in [1.82, 2.24) is 4.98 Å². The second-order valence-corrected chi connectivity index (χ2v) is 2.92. The first-order valence-corrected chi connectivity index (χ1v) is 4.35. The molecule has 0 fully saturated rings. The van der Waals surface area contributed by atoms with Crippen LogP contribution in [-0.4, -0.2) is 4.98 Å². The number of nitrogen functional groups attached to an aromatic ring is 1. The molecule has 1 aromatic heterocycles. The molecule has 2 N–H and O–H groups in total. The Morgan fingerprint density at radius 2 is 2.36 bits per heavy atom. The predicted molar refractivity (Wildman–Crippen MR) is 55.6 cm³/mol. The molecular weight excluding hydrogens is 176 g/mol. The normalized spacial score (nSPS) is 9.79. The fourth-order valence-corrected chi connectivity index (χ4v) is 1.35. The SMILES string of the molecule is CC#CCc1cccc2oc(N)nc12. The summed E-state index contributed by atoms with van der Waals surface area (Å²) in [6.07, 6.45) is 0.680. The van der Waals surface area contributed by atoms with Gasteiger partial charge in [-0.2, -0.15) is 4.98 Å². The summed E-state index contributed by atoms with van der Waals surface area (Å²) in [6.45, 7) is 1.82. The van der Waals surface area contributed by atoms with Crippen molar-refractivity contribution in [2.45, 2.75) is 13.3 Å². The minimum Gasteiger partial charge on any atom is -0.424 e. The minimum atomic E-state index is 0.205. The number of fused-ring (bicyclic) bond motifs is 1. The molecule has 3 heteroatoms. The molecule has 0 saturated carbocycles. The largest absolute Gasteiger partial charge is 0.424 e. The van der Waals surface area contributed by atoms with E-state index >= 15 is 0 Å². The summed E-state index contributed by atoms with van der Waals surface area (Å²) < 4.78 is 5.21. The van der Waals surface area contributed by atoms with E-state index in [0.717, 1.165) is 16.7 Å². The van der Waals surface area contributed by atoms with Crippen LogP contribution in [0, 0.1) is 11.8 Å². The lowest BCUT2D eigenvalue weighted by Crippen LogP contribution is -1.85. The van der Waals surface area contributed by atoms with E-state index in [1.54, 1.807) is 0 Å². The van der Waals surface area contributed by atoms with Gasteiger partial charge in [-0.25, -0.2) is 0 Å². The van der Waals surface area contributed by atoms with Gasteiger partial charge in [-0.05, 0) is 18.6 Å². The molecule has 0 bridgehead atoms. The highest BCUT2D eigenvalue weighted by Crippen LogP contribution is 2.20. The van der Waals surface area contributed by atoms with Crippen LogP contribution in [0.25, 0.3) is 11.1 Å². The van der Waals surface area contributed by atoms with Gasteiger partial charge in [-0.3, -0.25) is 0 Å². The van der Waals surface area contributed by atoms with E-state index < -0.39 is 0 Å². The van der Waals surface area contributed by atoms with E-state index in [1.165, 1.54) is 0 Å². The number of nitrogens with zero attached hydrogens (tertiary/aromatic N) is 1. The molecule has 14 heavy (non-hydrogen) atoms. The molecule has 0 aliphatic rings. The molecule has 70 valence electrons. The maximum Gasteiger partial charge on any atom is 0.292 e. The molecule has 2 aromatic rings. The number of hydrogen-bond donors (Lipinski definition) is 1. The molecular formula is C11H10N2O. The number of oxazole rings is 1. The molecule has 0 radical (unpaired) electrons. The summed E-state index contributed by atoms with van der Waals surface area (Å²) >= 11 is 0. The quantitative estimate of drug-likeness (QED) is 0.693. The maximum atomic E-state index is 5.47. The molecule has 0 spiro atoms. The Bertz CT molecular complexity index is 517. The van der Waals surface area contributed by atoms with Gasteiger partial charge in [0.1, 0.15) is 5.52 Å². The molecule has 3 nitrogen and oxygen atoms in total. The second kappa shape index (κ2) is 3.43. The monoisotopic (exact) mass is 186 g/mol. The van der Waals surface area contributed by atoms with Crippen LogP contribution in [-0.2, 0) is 6.42 Å². The molecule has 2 rings (SSSR count). The lowest BCUT2D eigenvalue weighted by molar-refractivity contribution is 0.626. The zero-order chi connectivity index (χ0) is 9.97. The number of benzene rings is 1. The van der Waals surface area contributed by atoms with Gasteiger partial charge in [0.2, 0.25) is 0 Å². The first kappa shape index (κ1) is 8.64. The molecule has 0 unspecified atom stereocenters. The summed E-state index contributed by atoms with van der Waals surface area (Å²) in [4.78, 5) is 4.11. The summed E-state index contributed by atoms with van der Waals surface area (Å²) in [5.41, 5.74) is 8.06. The Labute approximate surface area is 81.9 Å².